The van der Waals surface area contributed by atoms with E-state index in [1.807, 2.05) is 6.92 Å². The highest BCUT2D eigenvalue weighted by molar-refractivity contribution is 7.99. The Hall–Kier alpha value is -1.76. The highest BCUT2D eigenvalue weighted by Crippen LogP contribution is 2.31. The monoisotopic (exact) mass is 251 g/mol. The van der Waals surface area contributed by atoms with Gasteiger partial charge < -0.3 is 15.5 Å². The summed E-state index contributed by atoms with van der Waals surface area (Å²) in [5.41, 5.74) is 6.37. The van der Waals surface area contributed by atoms with E-state index in [1.54, 1.807) is 12.4 Å². The lowest BCUT2D eigenvalue weighted by Gasteiger charge is -2.08. The van der Waals surface area contributed by atoms with Crippen LogP contribution in [0.15, 0.2) is 28.9 Å². The molecule has 0 saturated carbocycles. The van der Waals surface area contributed by atoms with Crippen LogP contribution in [0.2, 0.25) is 0 Å². The van der Waals surface area contributed by atoms with Crippen LogP contribution in [0, 0.1) is 0 Å². The van der Waals surface area contributed by atoms with Gasteiger partial charge in [0, 0.05) is 12.4 Å². The molecule has 2 heterocycles. The molecule has 2 aromatic rings. The Morgan fingerprint density at radius 1 is 1.41 bits per heavy atom. The first-order valence-electron chi connectivity index (χ1n) is 5.21. The number of hydrogen-bond donors (Lipinski definition) is 2. The summed E-state index contributed by atoms with van der Waals surface area (Å²) in [4.78, 5) is 15.2. The number of nitrogens with one attached hydrogen (secondary N) is 1. The predicted molar refractivity (Wildman–Crippen MR) is 64.9 cm³/mol. The summed E-state index contributed by atoms with van der Waals surface area (Å²) >= 11 is 1.35. The summed E-state index contributed by atoms with van der Waals surface area (Å²) < 4.78 is 5.43. The summed E-state index contributed by atoms with van der Waals surface area (Å²) in [6.45, 7) is 2.61. The molecule has 0 spiro atoms. The quantitative estimate of drug-likeness (QED) is 0.786. The van der Waals surface area contributed by atoms with E-state index in [4.69, 9.17) is 10.5 Å². The van der Waals surface area contributed by atoms with Crippen LogP contribution < -0.4 is 10.5 Å². The number of rotatable bonds is 5. The van der Waals surface area contributed by atoms with Gasteiger partial charge in [-0.15, -0.1) is 0 Å². The normalized spacial score (nSPS) is 10.4. The zero-order valence-corrected chi connectivity index (χ0v) is 10.2. The van der Waals surface area contributed by atoms with Crippen LogP contribution in [0.5, 0.6) is 5.88 Å². The van der Waals surface area contributed by atoms with Crippen molar-refractivity contribution >= 4 is 17.4 Å². The maximum Gasteiger partial charge on any atom is 0.241 e. The van der Waals surface area contributed by atoms with Gasteiger partial charge in [-0.3, -0.25) is 0 Å². The average Bonchev–Trinajstić information content (AvgIpc) is 2.83. The van der Waals surface area contributed by atoms with Crippen molar-refractivity contribution in [2.75, 3.05) is 12.3 Å². The molecule has 0 amide bonds. The molecule has 0 unspecified atom stereocenters. The Morgan fingerprint density at radius 3 is 3.00 bits per heavy atom. The summed E-state index contributed by atoms with van der Waals surface area (Å²) in [5, 5.41) is 1.37. The molecule has 0 aromatic carbocycles. The van der Waals surface area contributed by atoms with Crippen molar-refractivity contribution in [3.05, 3.63) is 18.7 Å². The SMILES string of the molecule is CCCOc1ncnc(Sc2ncc[nH]2)c1N. The molecule has 0 aliphatic heterocycles. The zero-order valence-electron chi connectivity index (χ0n) is 9.38. The number of H-pyrrole nitrogens is 1. The summed E-state index contributed by atoms with van der Waals surface area (Å²) in [7, 11) is 0. The molecule has 0 bridgehead atoms. The van der Waals surface area contributed by atoms with Crippen LogP contribution >= 0.6 is 11.8 Å². The maximum absolute atomic E-state index is 5.93. The number of nitrogens with zero attached hydrogens (tertiary/aromatic N) is 3. The van der Waals surface area contributed by atoms with Gasteiger partial charge >= 0.3 is 0 Å². The molecule has 0 atom stereocenters. The third-order valence-corrected chi connectivity index (χ3v) is 2.86. The molecular formula is C10H13N5OS. The van der Waals surface area contributed by atoms with Crippen LogP contribution in [0.4, 0.5) is 5.69 Å². The zero-order chi connectivity index (χ0) is 12.1. The third-order valence-electron chi connectivity index (χ3n) is 1.92. The molecule has 6 nitrogen and oxygen atoms in total. The second-order valence-corrected chi connectivity index (χ2v) is 4.22. The third kappa shape index (κ3) is 2.88. The molecule has 3 N–H and O–H groups in total. The van der Waals surface area contributed by atoms with Crippen LogP contribution in [-0.2, 0) is 0 Å². The minimum absolute atomic E-state index is 0.427. The molecule has 0 fully saturated rings. The van der Waals surface area contributed by atoms with E-state index in [0.717, 1.165) is 11.6 Å². The van der Waals surface area contributed by atoms with Gasteiger partial charge in [0.1, 0.15) is 17.0 Å². The van der Waals surface area contributed by atoms with Gasteiger partial charge in [0.25, 0.3) is 0 Å². The molecule has 7 heteroatoms. The molecule has 0 radical (unpaired) electrons. The van der Waals surface area contributed by atoms with Crippen LogP contribution in [-0.4, -0.2) is 26.5 Å². The number of aromatic amines is 1. The highest BCUT2D eigenvalue weighted by atomic mass is 32.2. The van der Waals surface area contributed by atoms with Crippen molar-refractivity contribution in [1.29, 1.82) is 0 Å². The Labute approximate surface area is 103 Å². The molecule has 0 saturated heterocycles. The van der Waals surface area contributed by atoms with Crippen molar-refractivity contribution < 1.29 is 4.74 Å². The number of anilines is 1. The smallest absolute Gasteiger partial charge is 0.241 e. The summed E-state index contributed by atoms with van der Waals surface area (Å²) in [5.74, 6) is 0.427. The lowest BCUT2D eigenvalue weighted by atomic mass is 10.5. The van der Waals surface area contributed by atoms with Gasteiger partial charge in [-0.05, 0) is 18.2 Å². The molecule has 2 rings (SSSR count). The molecule has 90 valence electrons. The molecule has 2 aromatic heterocycles. The van der Waals surface area contributed by atoms with Crippen molar-refractivity contribution in [2.24, 2.45) is 0 Å². The van der Waals surface area contributed by atoms with Gasteiger partial charge in [-0.1, -0.05) is 6.92 Å². The fourth-order valence-electron chi connectivity index (χ4n) is 1.16. The number of aromatic nitrogens is 4. The fraction of sp³-hybridized carbons (Fsp3) is 0.300. The van der Waals surface area contributed by atoms with E-state index in [1.165, 1.54) is 18.1 Å². The Morgan fingerprint density at radius 2 is 2.29 bits per heavy atom. The van der Waals surface area contributed by atoms with Crippen molar-refractivity contribution in [2.45, 2.75) is 23.5 Å². The van der Waals surface area contributed by atoms with Gasteiger partial charge in [0.2, 0.25) is 5.88 Å². The molecule has 0 aliphatic carbocycles. The van der Waals surface area contributed by atoms with Crippen molar-refractivity contribution in [3.8, 4) is 5.88 Å². The van der Waals surface area contributed by atoms with E-state index >= 15 is 0 Å². The van der Waals surface area contributed by atoms with E-state index in [-0.39, 0.29) is 0 Å². The van der Waals surface area contributed by atoms with Crippen LogP contribution in [0.3, 0.4) is 0 Å². The molecule has 17 heavy (non-hydrogen) atoms. The van der Waals surface area contributed by atoms with Crippen LogP contribution in [0.25, 0.3) is 0 Å². The Kier molecular flexibility index (Phi) is 3.81. The van der Waals surface area contributed by atoms with Gasteiger partial charge in [0.15, 0.2) is 5.16 Å². The molecule has 0 aliphatic rings. The lowest BCUT2D eigenvalue weighted by Crippen LogP contribution is -2.03. The number of nitrogen functional groups attached to an aromatic ring is 1. The highest BCUT2D eigenvalue weighted by Gasteiger charge is 2.11. The lowest BCUT2D eigenvalue weighted by molar-refractivity contribution is 0.305. The van der Waals surface area contributed by atoms with Crippen LogP contribution in [0.1, 0.15) is 13.3 Å². The van der Waals surface area contributed by atoms with E-state index < -0.39 is 0 Å². The van der Waals surface area contributed by atoms with E-state index in [9.17, 15) is 0 Å². The van der Waals surface area contributed by atoms with Gasteiger partial charge in [-0.25, -0.2) is 9.97 Å². The minimum Gasteiger partial charge on any atom is -0.476 e. The van der Waals surface area contributed by atoms with E-state index in [0.29, 0.717) is 23.2 Å². The van der Waals surface area contributed by atoms with Crippen molar-refractivity contribution in [3.63, 3.8) is 0 Å². The number of ether oxygens (including phenoxy) is 1. The van der Waals surface area contributed by atoms with Gasteiger partial charge in [0.05, 0.1) is 6.61 Å². The standard InChI is InChI=1S/C10H13N5OS/c1-2-5-16-8-7(11)9(15-6-14-8)17-10-12-3-4-13-10/h3-4,6H,2,5,11H2,1H3,(H,12,13). The van der Waals surface area contributed by atoms with Gasteiger partial charge in [-0.2, -0.15) is 4.98 Å². The fourth-order valence-corrected chi connectivity index (χ4v) is 1.88. The second kappa shape index (κ2) is 5.53. The first-order chi connectivity index (χ1) is 8.31. The minimum atomic E-state index is 0.427. The number of imidazole rings is 1. The first-order valence-corrected chi connectivity index (χ1v) is 6.03. The maximum atomic E-state index is 5.93. The molecular weight excluding hydrogens is 238 g/mol. The number of hydrogen-bond acceptors (Lipinski definition) is 6. The Balaban J connectivity index is 2.17. The average molecular weight is 251 g/mol. The Bertz CT molecular complexity index is 474. The van der Waals surface area contributed by atoms with Crippen molar-refractivity contribution in [1.82, 2.24) is 19.9 Å². The summed E-state index contributed by atoms with van der Waals surface area (Å²) in [6.07, 6.45) is 5.76. The number of nitrogens with two attached hydrogens (primary N) is 1. The van der Waals surface area contributed by atoms with E-state index in [2.05, 4.69) is 19.9 Å². The summed E-state index contributed by atoms with van der Waals surface area (Å²) in [6, 6.07) is 0. The first kappa shape index (κ1) is 11.7. The topological polar surface area (TPSA) is 89.7 Å². The largest absolute Gasteiger partial charge is 0.476 e. The second-order valence-electron chi connectivity index (χ2n) is 3.24. The predicted octanol–water partition coefficient (Wildman–Crippen LogP) is 1.72.